The Balaban J connectivity index is 1.49. The molecule has 8 heteroatoms. The van der Waals surface area contributed by atoms with E-state index in [4.69, 9.17) is 0 Å². The first-order valence-electron chi connectivity index (χ1n) is 9.70. The van der Waals surface area contributed by atoms with Crippen molar-refractivity contribution in [1.29, 1.82) is 5.26 Å². The second kappa shape index (κ2) is 6.81. The van der Waals surface area contributed by atoms with Gasteiger partial charge in [0.2, 0.25) is 0 Å². The topological polar surface area (TPSA) is 92.1 Å². The van der Waals surface area contributed by atoms with E-state index in [0.717, 1.165) is 22.5 Å². The number of carbonyl (C=O) groups is 1. The van der Waals surface area contributed by atoms with E-state index >= 15 is 0 Å². The Morgan fingerprint density at radius 2 is 2.10 bits per heavy atom. The lowest BCUT2D eigenvalue weighted by atomic mass is 9.95. The van der Waals surface area contributed by atoms with Crippen LogP contribution in [0, 0.1) is 18.3 Å². The molecule has 1 aliphatic heterocycles. The maximum Gasteiger partial charge on any atom is 0.255 e. The largest absolute Gasteiger partial charge is 0.348 e. The van der Waals surface area contributed by atoms with Crippen molar-refractivity contribution in [2.45, 2.75) is 19.9 Å². The highest BCUT2D eigenvalue weighted by atomic mass is 16.2. The number of aromatic nitrogens is 5. The van der Waals surface area contributed by atoms with Gasteiger partial charge in [-0.3, -0.25) is 14.2 Å². The molecule has 148 valence electrons. The Bertz CT molecular complexity index is 1340. The molecule has 1 amide bonds. The highest BCUT2D eigenvalue weighted by molar-refractivity contribution is 5.94. The molecule has 30 heavy (non-hydrogen) atoms. The number of hydrogen-bond acceptors (Lipinski definition) is 5. The van der Waals surface area contributed by atoms with Crippen LogP contribution < -0.4 is 0 Å². The Morgan fingerprint density at radius 1 is 1.23 bits per heavy atom. The molecule has 1 aliphatic rings. The summed E-state index contributed by atoms with van der Waals surface area (Å²) in [6.07, 6.45) is 6.17. The number of carbonyl (C=O) groups excluding carboxylic acids is 1. The van der Waals surface area contributed by atoms with E-state index in [1.807, 2.05) is 47.3 Å². The van der Waals surface area contributed by atoms with Crippen LogP contribution in [-0.4, -0.2) is 41.5 Å². The minimum absolute atomic E-state index is 0.0619. The van der Waals surface area contributed by atoms with Crippen molar-refractivity contribution in [2.24, 2.45) is 7.05 Å². The van der Waals surface area contributed by atoms with Gasteiger partial charge in [-0.2, -0.15) is 5.26 Å². The number of amides is 1. The Morgan fingerprint density at radius 3 is 2.87 bits per heavy atom. The summed E-state index contributed by atoms with van der Waals surface area (Å²) in [6.45, 7) is 2.85. The normalized spacial score (nSPS) is 13.3. The minimum atomic E-state index is -0.0619. The van der Waals surface area contributed by atoms with Gasteiger partial charge in [-0.15, -0.1) is 10.2 Å². The molecule has 0 aliphatic carbocycles. The lowest BCUT2D eigenvalue weighted by molar-refractivity contribution is 0.0734. The third-order valence-corrected chi connectivity index (χ3v) is 5.68. The minimum Gasteiger partial charge on any atom is -0.348 e. The van der Waals surface area contributed by atoms with E-state index in [-0.39, 0.29) is 5.91 Å². The molecular weight excluding hydrogens is 378 g/mol. The zero-order valence-corrected chi connectivity index (χ0v) is 16.7. The fraction of sp³-hybridized carbons (Fsp3) is 0.227. The van der Waals surface area contributed by atoms with Crippen molar-refractivity contribution in [3.63, 3.8) is 0 Å². The van der Waals surface area contributed by atoms with Crippen LogP contribution in [0.2, 0.25) is 0 Å². The molecule has 0 bridgehead atoms. The van der Waals surface area contributed by atoms with Gasteiger partial charge in [-0.25, -0.2) is 0 Å². The van der Waals surface area contributed by atoms with Gasteiger partial charge in [0.05, 0.1) is 22.5 Å². The molecule has 0 saturated heterocycles. The molecular formula is C22H19N7O. The summed E-state index contributed by atoms with van der Waals surface area (Å²) >= 11 is 0. The number of fused-ring (bicyclic) bond motifs is 2. The van der Waals surface area contributed by atoms with Crippen molar-refractivity contribution >= 4 is 11.6 Å². The number of nitrogens with zero attached hydrogens (tertiary/aromatic N) is 7. The molecule has 0 unspecified atom stereocenters. The summed E-state index contributed by atoms with van der Waals surface area (Å²) < 4.78 is 3.81. The second-order valence-corrected chi connectivity index (χ2v) is 7.48. The fourth-order valence-corrected chi connectivity index (χ4v) is 4.04. The summed E-state index contributed by atoms with van der Waals surface area (Å²) in [5, 5.41) is 18.0. The number of rotatable bonds is 2. The van der Waals surface area contributed by atoms with Crippen LogP contribution in [0.4, 0.5) is 0 Å². The van der Waals surface area contributed by atoms with Crippen molar-refractivity contribution in [2.75, 3.05) is 6.54 Å². The average molecular weight is 397 g/mol. The Hall–Kier alpha value is -3.99. The van der Waals surface area contributed by atoms with E-state index in [2.05, 4.69) is 21.3 Å². The number of hydrogen-bond donors (Lipinski definition) is 0. The van der Waals surface area contributed by atoms with Crippen molar-refractivity contribution in [3.05, 3.63) is 70.8 Å². The average Bonchev–Trinajstić information content (AvgIpc) is 3.37. The molecule has 0 N–H and O–H groups in total. The van der Waals surface area contributed by atoms with Gasteiger partial charge < -0.3 is 9.47 Å². The molecule has 0 saturated carbocycles. The van der Waals surface area contributed by atoms with Gasteiger partial charge in [0.15, 0.2) is 11.5 Å². The lowest BCUT2D eigenvalue weighted by Crippen LogP contribution is -2.36. The lowest BCUT2D eigenvalue weighted by Gasteiger charge is -2.29. The fourth-order valence-electron chi connectivity index (χ4n) is 4.04. The number of pyridine rings is 2. The van der Waals surface area contributed by atoms with E-state index in [0.29, 0.717) is 42.1 Å². The quantitative estimate of drug-likeness (QED) is 0.518. The van der Waals surface area contributed by atoms with Crippen LogP contribution in [0.1, 0.15) is 32.7 Å². The predicted octanol–water partition coefficient (Wildman–Crippen LogP) is 2.51. The smallest absolute Gasteiger partial charge is 0.255 e. The summed E-state index contributed by atoms with van der Waals surface area (Å²) in [6, 6.07) is 9.76. The molecule has 4 aromatic rings. The third-order valence-electron chi connectivity index (χ3n) is 5.68. The van der Waals surface area contributed by atoms with Gasteiger partial charge in [0, 0.05) is 38.7 Å². The molecule has 0 aromatic carbocycles. The Kier molecular flexibility index (Phi) is 4.10. The van der Waals surface area contributed by atoms with Crippen LogP contribution in [0.15, 0.2) is 42.9 Å². The highest BCUT2D eigenvalue weighted by Crippen LogP contribution is 2.25. The van der Waals surface area contributed by atoms with Gasteiger partial charge in [0.25, 0.3) is 5.91 Å². The maximum absolute atomic E-state index is 13.2. The van der Waals surface area contributed by atoms with Crippen LogP contribution in [0.5, 0.6) is 0 Å². The third kappa shape index (κ3) is 2.75. The SMILES string of the molecule is Cc1ncc2c(c1C#N)CCN(C(=O)c1ccc3nnc(-c4cccn4C)n3c1)C2. The molecule has 5 rings (SSSR count). The zero-order valence-electron chi connectivity index (χ0n) is 16.7. The standard InChI is InChI=1S/C22H19N7O/c1-14-18(10-23)17-7-9-28(12-16(17)11-24-14)22(30)15-5-6-20-25-26-21(29(20)13-15)19-4-3-8-27(19)2/h3-6,8,11,13H,7,9,12H2,1-2H3. The molecule has 0 fully saturated rings. The highest BCUT2D eigenvalue weighted by Gasteiger charge is 2.25. The number of aryl methyl sites for hydroxylation is 2. The van der Waals surface area contributed by atoms with Crippen LogP contribution in [-0.2, 0) is 20.0 Å². The van der Waals surface area contributed by atoms with Gasteiger partial charge in [-0.1, -0.05) is 0 Å². The van der Waals surface area contributed by atoms with Gasteiger partial charge in [0.1, 0.15) is 6.07 Å². The summed E-state index contributed by atoms with van der Waals surface area (Å²) in [5.41, 5.74) is 5.50. The molecule has 0 spiro atoms. The van der Waals surface area contributed by atoms with E-state index in [1.54, 1.807) is 23.4 Å². The van der Waals surface area contributed by atoms with Gasteiger partial charge in [-0.05, 0) is 48.7 Å². The van der Waals surface area contributed by atoms with E-state index in [9.17, 15) is 10.1 Å². The number of nitriles is 1. The van der Waals surface area contributed by atoms with Crippen molar-refractivity contribution in [3.8, 4) is 17.6 Å². The molecule has 4 aromatic heterocycles. The first kappa shape index (κ1) is 18.1. The first-order valence-corrected chi connectivity index (χ1v) is 9.70. The van der Waals surface area contributed by atoms with Crippen LogP contribution >= 0.6 is 0 Å². The second-order valence-electron chi connectivity index (χ2n) is 7.48. The monoisotopic (exact) mass is 397 g/mol. The zero-order chi connectivity index (χ0) is 20.8. The van der Waals surface area contributed by atoms with Crippen LogP contribution in [0.3, 0.4) is 0 Å². The van der Waals surface area contributed by atoms with Crippen molar-refractivity contribution in [1.82, 2.24) is 29.0 Å². The molecule has 8 nitrogen and oxygen atoms in total. The first-order chi connectivity index (χ1) is 14.6. The molecule has 0 radical (unpaired) electrons. The predicted molar refractivity (Wildman–Crippen MR) is 110 cm³/mol. The maximum atomic E-state index is 13.2. The summed E-state index contributed by atoms with van der Waals surface area (Å²) in [4.78, 5) is 19.4. The van der Waals surface area contributed by atoms with Gasteiger partial charge >= 0.3 is 0 Å². The van der Waals surface area contributed by atoms with Crippen molar-refractivity contribution < 1.29 is 4.79 Å². The Labute approximate surface area is 173 Å². The van der Waals surface area contributed by atoms with Crippen LogP contribution in [0.25, 0.3) is 17.2 Å². The summed E-state index contributed by atoms with van der Waals surface area (Å²) in [7, 11) is 1.95. The van der Waals surface area contributed by atoms with E-state index < -0.39 is 0 Å². The van der Waals surface area contributed by atoms with E-state index in [1.165, 1.54) is 0 Å². The molecule has 0 atom stereocenters. The summed E-state index contributed by atoms with van der Waals surface area (Å²) in [5.74, 6) is 0.627. The molecule has 5 heterocycles.